The molecule has 0 aromatic heterocycles. The predicted molar refractivity (Wildman–Crippen MR) is 110 cm³/mol. The van der Waals surface area contributed by atoms with E-state index in [-0.39, 0.29) is 41.0 Å². The summed E-state index contributed by atoms with van der Waals surface area (Å²) in [6.07, 6.45) is 3.80. The van der Waals surface area contributed by atoms with Crippen LogP contribution in [0.1, 0.15) is 73.1 Å². The fraction of sp³-hybridized carbons (Fsp3) is 0.909. The summed E-state index contributed by atoms with van der Waals surface area (Å²) in [4.78, 5) is 25.7. The van der Waals surface area contributed by atoms with Gasteiger partial charge in [0.15, 0.2) is 0 Å². The van der Waals surface area contributed by atoms with E-state index < -0.39 is 23.6 Å². The summed E-state index contributed by atoms with van der Waals surface area (Å²) in [6.45, 7) is 10.6. The van der Waals surface area contributed by atoms with Gasteiger partial charge in [-0.05, 0) is 54.8 Å². The Bertz CT molecular complexity index is 638. The highest BCUT2D eigenvalue weighted by atomic mass is 31.0. The zero-order chi connectivity index (χ0) is 20.9. The normalized spacial score (nSPS) is 48.5. The van der Waals surface area contributed by atoms with Gasteiger partial charge in [0.2, 0.25) is 0 Å². The number of hydrogen-bond donors (Lipinski definition) is 1. The maximum atomic E-state index is 13.2. The van der Waals surface area contributed by atoms with Crippen LogP contribution in [0.15, 0.2) is 0 Å². The maximum absolute atomic E-state index is 13.2. The first-order valence-electron chi connectivity index (χ1n) is 10.8. The second kappa shape index (κ2) is 7.63. The molecule has 3 aliphatic rings. The summed E-state index contributed by atoms with van der Waals surface area (Å²) in [5, 5.41) is 11.5. The van der Waals surface area contributed by atoms with Crippen molar-refractivity contribution in [3.63, 3.8) is 0 Å². The van der Waals surface area contributed by atoms with Gasteiger partial charge in [0, 0.05) is 27.2 Å². The smallest absolute Gasteiger partial charge is 0.332 e. The van der Waals surface area contributed by atoms with Crippen molar-refractivity contribution in [2.75, 3.05) is 6.61 Å². The average molecular weight is 413 g/mol. The van der Waals surface area contributed by atoms with E-state index in [2.05, 4.69) is 44.1 Å². The zero-order valence-corrected chi connectivity index (χ0v) is 19.1. The Labute approximate surface area is 171 Å². The van der Waals surface area contributed by atoms with E-state index in [0.717, 1.165) is 25.7 Å². The number of carbonyl (C=O) groups is 2. The third-order valence-electron chi connectivity index (χ3n) is 9.18. The molecule has 0 heterocycles. The van der Waals surface area contributed by atoms with Crippen LogP contribution in [-0.4, -0.2) is 35.7 Å². The molecule has 3 aliphatic carbocycles. The van der Waals surface area contributed by atoms with E-state index in [9.17, 15) is 14.7 Å². The first-order valence-corrected chi connectivity index (χ1v) is 11.3. The van der Waals surface area contributed by atoms with Crippen LogP contribution >= 0.6 is 9.47 Å². The van der Waals surface area contributed by atoms with Gasteiger partial charge >= 0.3 is 5.97 Å². The number of rotatable bonds is 4. The van der Waals surface area contributed by atoms with E-state index in [0.29, 0.717) is 12.8 Å². The Kier molecular flexibility index (Phi) is 6.05. The summed E-state index contributed by atoms with van der Waals surface area (Å²) in [5.74, 6) is 0.0383. The highest BCUT2D eigenvalue weighted by molar-refractivity contribution is 7.09. The molecule has 3 fully saturated rings. The molecule has 0 aromatic rings. The van der Waals surface area contributed by atoms with Crippen molar-refractivity contribution in [3.05, 3.63) is 0 Å². The number of esters is 1. The van der Waals surface area contributed by atoms with Gasteiger partial charge in [-0.2, -0.15) is 0 Å². The summed E-state index contributed by atoms with van der Waals surface area (Å²) in [5.41, 5.74) is -0.988. The molecule has 3 saturated carbocycles. The Morgan fingerprint density at radius 3 is 2.57 bits per heavy atom. The molecule has 160 valence electrons. The number of hydrogen-bond acceptors (Lipinski definition) is 5. The molecule has 9 atom stereocenters. The van der Waals surface area contributed by atoms with E-state index in [4.69, 9.17) is 9.26 Å². The lowest BCUT2D eigenvalue weighted by molar-refractivity contribution is -0.212. The number of ketones is 1. The monoisotopic (exact) mass is 412 g/mol. The number of ether oxygens (including phenoxy) is 1. The summed E-state index contributed by atoms with van der Waals surface area (Å²) in [7, 11) is 2.08. The fourth-order valence-electron chi connectivity index (χ4n) is 6.97. The molecule has 3 rings (SSSR count). The molecule has 0 radical (unpaired) electrons. The van der Waals surface area contributed by atoms with Gasteiger partial charge in [0.05, 0.1) is 6.10 Å². The summed E-state index contributed by atoms with van der Waals surface area (Å²) < 4.78 is 10.9. The zero-order valence-electron chi connectivity index (χ0n) is 18.0. The molecule has 6 heteroatoms. The second-order valence-corrected chi connectivity index (χ2v) is 10.5. The minimum absolute atomic E-state index is 0.0488. The van der Waals surface area contributed by atoms with Crippen molar-refractivity contribution >= 4 is 21.2 Å². The number of aliphatic hydroxyl groups is 1. The van der Waals surface area contributed by atoms with Crippen molar-refractivity contribution in [2.24, 2.45) is 34.0 Å². The van der Waals surface area contributed by atoms with Gasteiger partial charge in [0.1, 0.15) is 18.5 Å². The van der Waals surface area contributed by atoms with Crippen LogP contribution in [0.5, 0.6) is 0 Å². The molecule has 5 nitrogen and oxygen atoms in total. The van der Waals surface area contributed by atoms with Crippen LogP contribution in [0.4, 0.5) is 0 Å². The molecule has 28 heavy (non-hydrogen) atoms. The first kappa shape index (κ1) is 22.2. The van der Waals surface area contributed by atoms with E-state index in [1.54, 1.807) is 0 Å². The van der Waals surface area contributed by atoms with Crippen LogP contribution in [0, 0.1) is 34.0 Å². The van der Waals surface area contributed by atoms with Crippen LogP contribution in [0.2, 0.25) is 0 Å². The SMILES string of the molecule is CC[C@@]1(C)C[C@@H](OC(=O)COP)[C@@]2(C)C3C(=O)CC[C@]3(CC[C@H]2C)[C@@H](C)[C@@H]1O. The molecule has 0 aliphatic heterocycles. The minimum Gasteiger partial charge on any atom is -0.460 e. The Morgan fingerprint density at radius 2 is 1.96 bits per heavy atom. The number of aliphatic hydroxyl groups excluding tert-OH is 1. The van der Waals surface area contributed by atoms with Crippen molar-refractivity contribution in [1.29, 1.82) is 0 Å². The van der Waals surface area contributed by atoms with Crippen LogP contribution in [0.25, 0.3) is 0 Å². The molecule has 0 amide bonds. The lowest BCUT2D eigenvalue weighted by atomic mass is 9.43. The summed E-state index contributed by atoms with van der Waals surface area (Å²) >= 11 is 0. The van der Waals surface area contributed by atoms with Crippen molar-refractivity contribution in [3.8, 4) is 0 Å². The Morgan fingerprint density at radius 1 is 1.29 bits per heavy atom. The van der Waals surface area contributed by atoms with Gasteiger partial charge in [-0.15, -0.1) is 0 Å². The standard InChI is InChI=1S/C22H37O5P/c1-6-20(4)11-16(27-17(24)12-26-28)21(5)13(2)7-9-22(14(3)19(20)25)10-8-15(23)18(21)22/h13-14,16,18-19,25H,6-12,28H2,1-5H3/t13-,14+,16-,18?,19+,20+,21+,22-/m1/s1. The molecule has 2 bridgehead atoms. The van der Waals surface area contributed by atoms with E-state index in [1.165, 1.54) is 0 Å². The number of Topliss-reactive ketones (excluding diaryl/α,β-unsaturated/α-hetero) is 1. The van der Waals surface area contributed by atoms with Crippen LogP contribution < -0.4 is 0 Å². The molecule has 2 unspecified atom stereocenters. The average Bonchev–Trinajstić information content (AvgIpc) is 3.01. The third-order valence-corrected chi connectivity index (χ3v) is 9.35. The second-order valence-electron chi connectivity index (χ2n) is 10.2. The largest absolute Gasteiger partial charge is 0.460 e. The van der Waals surface area contributed by atoms with Gasteiger partial charge in [-0.3, -0.25) is 4.79 Å². The van der Waals surface area contributed by atoms with Gasteiger partial charge in [-0.25, -0.2) is 4.79 Å². The third kappa shape index (κ3) is 3.08. The van der Waals surface area contributed by atoms with Crippen molar-refractivity contribution < 1.29 is 24.0 Å². The molecule has 0 aromatic carbocycles. The van der Waals surface area contributed by atoms with Crippen LogP contribution in [0.3, 0.4) is 0 Å². The van der Waals surface area contributed by atoms with Gasteiger partial charge in [-0.1, -0.05) is 34.6 Å². The Hall–Kier alpha value is -0.510. The maximum Gasteiger partial charge on any atom is 0.332 e. The van der Waals surface area contributed by atoms with Crippen molar-refractivity contribution in [1.82, 2.24) is 0 Å². The highest BCUT2D eigenvalue weighted by Crippen LogP contribution is 2.68. The molecule has 1 N–H and O–H groups in total. The predicted octanol–water partition coefficient (Wildman–Crippen LogP) is 3.92. The molecular weight excluding hydrogens is 375 g/mol. The highest BCUT2D eigenvalue weighted by Gasteiger charge is 2.68. The first-order chi connectivity index (χ1) is 13.1. The van der Waals surface area contributed by atoms with E-state index in [1.807, 2.05) is 0 Å². The van der Waals surface area contributed by atoms with Gasteiger partial charge < -0.3 is 14.4 Å². The molecule has 0 spiro atoms. The molecular formula is C22H37O5P. The van der Waals surface area contributed by atoms with Crippen molar-refractivity contribution in [2.45, 2.75) is 85.4 Å². The topological polar surface area (TPSA) is 72.8 Å². The lowest BCUT2D eigenvalue weighted by Gasteiger charge is -2.62. The van der Waals surface area contributed by atoms with Gasteiger partial charge in [0.25, 0.3) is 0 Å². The minimum atomic E-state index is -0.525. The molecule has 0 saturated heterocycles. The van der Waals surface area contributed by atoms with E-state index >= 15 is 0 Å². The summed E-state index contributed by atoms with van der Waals surface area (Å²) in [6, 6.07) is 0. The Balaban J connectivity index is 2.16. The van der Waals surface area contributed by atoms with Crippen LogP contribution in [-0.2, 0) is 18.8 Å². The number of carbonyl (C=O) groups excluding carboxylic acids is 2. The quantitative estimate of drug-likeness (QED) is 0.560. The fourth-order valence-corrected chi connectivity index (χ4v) is 7.10. The lowest BCUT2D eigenvalue weighted by Crippen LogP contribution is -2.63.